The van der Waals surface area contributed by atoms with Gasteiger partial charge in [-0.25, -0.2) is 0 Å². The topological polar surface area (TPSA) is 82.3 Å². The molecular formula is C25H29N3O3. The molecule has 0 aromatic heterocycles. The number of hydrogen-bond donors (Lipinski definition) is 1. The number of aromatic hydroxyl groups is 1. The first-order chi connectivity index (χ1) is 14.8. The van der Waals surface area contributed by atoms with E-state index in [1.165, 1.54) is 11.0 Å². The van der Waals surface area contributed by atoms with E-state index in [4.69, 9.17) is 0 Å². The largest absolute Gasteiger partial charge is 0.506 e. The van der Waals surface area contributed by atoms with Crippen LogP contribution >= 0.6 is 0 Å². The van der Waals surface area contributed by atoms with Crippen molar-refractivity contribution in [1.82, 2.24) is 4.90 Å². The number of carbonyl (C=O) groups excluding carboxylic acids is 2. The molecular weight excluding hydrogens is 390 g/mol. The Hall–Kier alpha value is -3.28. The summed E-state index contributed by atoms with van der Waals surface area (Å²) in [4.78, 5) is 27.4. The molecule has 0 spiro atoms. The molecule has 1 aromatic rings. The van der Waals surface area contributed by atoms with E-state index in [2.05, 4.69) is 16.8 Å². The number of hydrogen-bond acceptors (Lipinski definition) is 5. The molecule has 0 saturated heterocycles. The normalized spacial score (nSPS) is 17.4. The predicted octanol–water partition coefficient (Wildman–Crippen LogP) is 5.67. The summed E-state index contributed by atoms with van der Waals surface area (Å²) in [6, 6.07) is 1.20. The molecule has 31 heavy (non-hydrogen) atoms. The fraction of sp³-hybridized carbons (Fsp3) is 0.360. The maximum Gasteiger partial charge on any atom is 0.261 e. The van der Waals surface area contributed by atoms with Gasteiger partial charge >= 0.3 is 0 Å². The van der Waals surface area contributed by atoms with Crippen molar-refractivity contribution < 1.29 is 14.7 Å². The van der Waals surface area contributed by atoms with Crippen LogP contribution in [-0.4, -0.2) is 34.4 Å². The highest BCUT2D eigenvalue weighted by Gasteiger charge is 2.40. The van der Waals surface area contributed by atoms with Gasteiger partial charge in [0.2, 0.25) is 0 Å². The number of allylic oxidation sites excluding steroid dienone is 4. The lowest BCUT2D eigenvalue weighted by Gasteiger charge is -2.35. The highest BCUT2D eigenvalue weighted by atomic mass is 16.3. The van der Waals surface area contributed by atoms with E-state index in [1.807, 2.05) is 52.0 Å². The van der Waals surface area contributed by atoms with Crippen molar-refractivity contribution in [2.45, 2.75) is 53.0 Å². The van der Waals surface area contributed by atoms with Crippen LogP contribution in [0.25, 0.3) is 5.57 Å². The van der Waals surface area contributed by atoms with Crippen molar-refractivity contribution in [3.8, 4) is 5.75 Å². The van der Waals surface area contributed by atoms with Gasteiger partial charge in [0.05, 0.1) is 12.1 Å². The van der Waals surface area contributed by atoms with Crippen LogP contribution in [-0.2, 0) is 11.2 Å². The van der Waals surface area contributed by atoms with Crippen LogP contribution in [0.2, 0.25) is 0 Å². The van der Waals surface area contributed by atoms with Crippen LogP contribution in [0.5, 0.6) is 5.75 Å². The van der Waals surface area contributed by atoms with E-state index in [1.54, 1.807) is 0 Å². The molecule has 162 valence electrons. The monoisotopic (exact) mass is 419 g/mol. The maximum atomic E-state index is 13.1. The van der Waals surface area contributed by atoms with Crippen molar-refractivity contribution in [1.29, 1.82) is 0 Å². The van der Waals surface area contributed by atoms with E-state index in [0.717, 1.165) is 11.1 Å². The minimum atomic E-state index is -0.369. The second-order valence-electron chi connectivity index (χ2n) is 7.96. The molecule has 3 rings (SSSR count). The van der Waals surface area contributed by atoms with Crippen LogP contribution < -0.4 is 0 Å². The number of rotatable bonds is 7. The summed E-state index contributed by atoms with van der Waals surface area (Å²) >= 11 is 0. The lowest BCUT2D eigenvalue weighted by molar-refractivity contribution is -0.124. The van der Waals surface area contributed by atoms with Crippen LogP contribution in [0, 0.1) is 0 Å². The van der Waals surface area contributed by atoms with Crippen LogP contribution in [0.4, 0.5) is 5.69 Å². The Morgan fingerprint density at radius 2 is 2.06 bits per heavy atom. The predicted molar refractivity (Wildman–Crippen MR) is 122 cm³/mol. The van der Waals surface area contributed by atoms with Gasteiger partial charge in [0.1, 0.15) is 11.4 Å². The summed E-state index contributed by atoms with van der Waals surface area (Å²) in [5.41, 5.74) is 4.39. The molecule has 1 aromatic carbocycles. The van der Waals surface area contributed by atoms with Gasteiger partial charge in [-0.3, -0.25) is 14.5 Å². The van der Waals surface area contributed by atoms with E-state index in [0.29, 0.717) is 47.2 Å². The zero-order valence-electron chi connectivity index (χ0n) is 18.6. The Kier molecular flexibility index (Phi) is 6.68. The van der Waals surface area contributed by atoms with Gasteiger partial charge in [-0.15, -0.1) is 0 Å². The molecule has 1 aliphatic carbocycles. The van der Waals surface area contributed by atoms with Gasteiger partial charge in [-0.1, -0.05) is 43.4 Å². The van der Waals surface area contributed by atoms with Crippen molar-refractivity contribution in [2.75, 3.05) is 6.54 Å². The smallest absolute Gasteiger partial charge is 0.261 e. The summed E-state index contributed by atoms with van der Waals surface area (Å²) in [7, 11) is 0. The van der Waals surface area contributed by atoms with E-state index >= 15 is 0 Å². The average Bonchev–Trinajstić information content (AvgIpc) is 2.76. The molecule has 0 fully saturated rings. The maximum absolute atomic E-state index is 13.1. The zero-order valence-corrected chi connectivity index (χ0v) is 18.6. The number of phenolic OH excluding ortho intramolecular Hbond substituents is 1. The Morgan fingerprint density at radius 3 is 2.74 bits per heavy atom. The minimum Gasteiger partial charge on any atom is -0.506 e. The van der Waals surface area contributed by atoms with Gasteiger partial charge in [0, 0.05) is 17.2 Å². The van der Waals surface area contributed by atoms with Gasteiger partial charge < -0.3 is 5.11 Å². The van der Waals surface area contributed by atoms with Crippen LogP contribution in [0.15, 0.2) is 58.3 Å². The molecule has 1 N–H and O–H groups in total. The Balaban J connectivity index is 1.97. The number of carbonyl (C=O) groups is 2. The molecule has 6 nitrogen and oxygen atoms in total. The summed E-state index contributed by atoms with van der Waals surface area (Å²) in [5.74, 6) is -0.748. The number of benzene rings is 1. The second-order valence-corrected chi connectivity index (χ2v) is 7.96. The number of imide groups is 1. The molecule has 0 radical (unpaired) electrons. The third-order valence-electron chi connectivity index (χ3n) is 5.80. The van der Waals surface area contributed by atoms with Crippen LogP contribution in [0.1, 0.15) is 62.0 Å². The standard InChI is InChI=1S/C25H29N3O3/c1-6-15(3)11-12-16(4)14-26-27-23-18-9-8-10-19-22(18)20(13-21(23)29)25(31)28(24(19)30)17(5)7-2/h6,10-13,17,29H,4,7-9,14H2,1-3,5H3/b12-11-,15-6-,27-26?. The van der Waals surface area contributed by atoms with Gasteiger partial charge in [-0.05, 0) is 57.2 Å². The van der Waals surface area contributed by atoms with Crippen molar-refractivity contribution >= 4 is 23.1 Å². The molecule has 1 atom stereocenters. The molecule has 1 unspecified atom stereocenters. The first-order valence-electron chi connectivity index (χ1n) is 10.6. The number of nitrogens with zero attached hydrogens (tertiary/aromatic N) is 3. The summed E-state index contributed by atoms with van der Waals surface area (Å²) in [6.07, 6.45) is 9.60. The molecule has 1 aliphatic heterocycles. The third-order valence-corrected chi connectivity index (χ3v) is 5.80. The fourth-order valence-corrected chi connectivity index (χ4v) is 3.73. The Morgan fingerprint density at radius 1 is 1.32 bits per heavy atom. The SMILES string of the molecule is C=C(/C=C\C(C)=C/C)CN=Nc1c(O)cc2c3c1CCC=C3C(=O)N(C(C)CC)C2=O. The first kappa shape index (κ1) is 22.4. The third kappa shape index (κ3) is 4.29. The molecule has 1 heterocycles. The quantitative estimate of drug-likeness (QED) is 0.351. The fourth-order valence-electron chi connectivity index (χ4n) is 3.73. The lowest BCUT2D eigenvalue weighted by atomic mass is 9.82. The molecule has 6 heteroatoms. The van der Waals surface area contributed by atoms with Gasteiger partial charge in [0.15, 0.2) is 0 Å². The van der Waals surface area contributed by atoms with Crippen LogP contribution in [0.3, 0.4) is 0 Å². The van der Waals surface area contributed by atoms with Crippen molar-refractivity contribution in [3.05, 3.63) is 64.8 Å². The van der Waals surface area contributed by atoms with Gasteiger partial charge in [0.25, 0.3) is 11.8 Å². The summed E-state index contributed by atoms with van der Waals surface area (Å²) in [5, 5.41) is 19.1. The highest BCUT2D eigenvalue weighted by Crippen LogP contribution is 2.45. The average molecular weight is 420 g/mol. The minimum absolute atomic E-state index is 0.100. The molecule has 0 saturated carbocycles. The Bertz CT molecular complexity index is 1060. The summed E-state index contributed by atoms with van der Waals surface area (Å²) < 4.78 is 0. The van der Waals surface area contributed by atoms with Gasteiger partial charge in [-0.2, -0.15) is 10.2 Å². The van der Waals surface area contributed by atoms with Crippen molar-refractivity contribution in [2.24, 2.45) is 10.2 Å². The highest BCUT2D eigenvalue weighted by molar-refractivity contribution is 6.32. The Labute approximate surface area is 183 Å². The lowest BCUT2D eigenvalue weighted by Crippen LogP contribution is -2.47. The first-order valence-corrected chi connectivity index (χ1v) is 10.6. The second kappa shape index (κ2) is 9.25. The molecule has 2 amide bonds. The van der Waals surface area contributed by atoms with E-state index in [-0.39, 0.29) is 30.2 Å². The van der Waals surface area contributed by atoms with Crippen molar-refractivity contribution in [3.63, 3.8) is 0 Å². The van der Waals surface area contributed by atoms with E-state index < -0.39 is 0 Å². The zero-order chi connectivity index (χ0) is 22.7. The van der Waals surface area contributed by atoms with E-state index in [9.17, 15) is 14.7 Å². The number of azo groups is 1. The molecule has 0 bridgehead atoms. The number of phenols is 1. The summed E-state index contributed by atoms with van der Waals surface area (Å²) in [6.45, 7) is 12.0. The number of amides is 2. The molecule has 2 aliphatic rings.